The number of carbonyl (C=O) groups is 1. The van der Waals surface area contributed by atoms with Gasteiger partial charge in [-0.1, -0.05) is 75.4 Å². The van der Waals surface area contributed by atoms with Crippen molar-refractivity contribution in [2.75, 3.05) is 0 Å². The Bertz CT molecular complexity index is 601. The average Bonchev–Trinajstić information content (AvgIpc) is 2.55. The molecule has 2 nitrogen and oxygen atoms in total. The Kier molecular flexibility index (Phi) is 6.40. The van der Waals surface area contributed by atoms with Crippen LogP contribution in [0.5, 0.6) is 0 Å². The zero-order valence-electron chi connectivity index (χ0n) is 14.4. The second-order valence-corrected chi connectivity index (χ2v) is 6.51. The van der Waals surface area contributed by atoms with E-state index in [2.05, 4.69) is 62.5 Å². The summed E-state index contributed by atoms with van der Waals surface area (Å²) in [4.78, 5) is 12.4. The highest BCUT2D eigenvalue weighted by atomic mass is 16.1. The molecule has 0 spiro atoms. The monoisotopic (exact) mass is 309 g/mol. The molecule has 0 aliphatic rings. The van der Waals surface area contributed by atoms with Crippen molar-refractivity contribution >= 4 is 5.91 Å². The first-order valence-electron chi connectivity index (χ1n) is 8.50. The molecule has 2 aromatic rings. The Labute approximate surface area is 139 Å². The molecular formula is C21H27NO. The van der Waals surface area contributed by atoms with E-state index >= 15 is 0 Å². The quantitative estimate of drug-likeness (QED) is 0.789. The minimum absolute atomic E-state index is 0.0821. The number of rotatable bonds is 7. The number of carbonyl (C=O) groups excluding carboxylic acids is 1. The van der Waals surface area contributed by atoms with Crippen molar-refractivity contribution in [1.82, 2.24) is 5.32 Å². The van der Waals surface area contributed by atoms with Crippen molar-refractivity contribution in [2.24, 2.45) is 5.92 Å². The second kappa shape index (κ2) is 8.52. The molecule has 23 heavy (non-hydrogen) atoms. The van der Waals surface area contributed by atoms with Gasteiger partial charge in [-0.2, -0.15) is 0 Å². The summed E-state index contributed by atoms with van der Waals surface area (Å²) in [6.45, 7) is 6.51. The highest BCUT2D eigenvalue weighted by molar-refractivity contribution is 5.79. The van der Waals surface area contributed by atoms with Gasteiger partial charge in [0.15, 0.2) is 0 Å². The van der Waals surface area contributed by atoms with Crippen molar-refractivity contribution < 1.29 is 4.79 Å². The molecule has 0 saturated carbocycles. The van der Waals surface area contributed by atoms with Crippen molar-refractivity contribution in [3.63, 3.8) is 0 Å². The van der Waals surface area contributed by atoms with Crippen molar-refractivity contribution in [3.8, 4) is 0 Å². The van der Waals surface area contributed by atoms with Crippen LogP contribution in [0.25, 0.3) is 0 Å². The predicted octanol–water partition coefficient (Wildman–Crippen LogP) is 4.70. The summed E-state index contributed by atoms with van der Waals surface area (Å²) in [5, 5.41) is 3.20. The summed E-state index contributed by atoms with van der Waals surface area (Å²) in [5.74, 6) is 0.619. The fraction of sp³-hybridized carbons (Fsp3) is 0.381. The largest absolute Gasteiger partial charge is 0.349 e. The molecule has 0 aliphatic heterocycles. The van der Waals surface area contributed by atoms with E-state index in [9.17, 15) is 4.79 Å². The number of amides is 1. The Hall–Kier alpha value is -2.09. The van der Waals surface area contributed by atoms with Gasteiger partial charge in [-0.05, 0) is 35.4 Å². The summed E-state index contributed by atoms with van der Waals surface area (Å²) in [7, 11) is 0. The molecule has 0 radical (unpaired) electrons. The van der Waals surface area contributed by atoms with E-state index in [0.717, 1.165) is 18.4 Å². The van der Waals surface area contributed by atoms with Crippen LogP contribution < -0.4 is 5.32 Å². The van der Waals surface area contributed by atoms with Gasteiger partial charge in [0.1, 0.15) is 0 Å². The Morgan fingerprint density at radius 3 is 2.13 bits per heavy atom. The van der Waals surface area contributed by atoms with Gasteiger partial charge in [0, 0.05) is 0 Å². The topological polar surface area (TPSA) is 29.1 Å². The Morgan fingerprint density at radius 1 is 0.957 bits per heavy atom. The van der Waals surface area contributed by atoms with Gasteiger partial charge in [-0.15, -0.1) is 0 Å². The molecule has 1 atom stereocenters. The lowest BCUT2D eigenvalue weighted by Crippen LogP contribution is -2.30. The van der Waals surface area contributed by atoms with Gasteiger partial charge >= 0.3 is 0 Å². The predicted molar refractivity (Wildman–Crippen MR) is 96.3 cm³/mol. The number of hydrogen-bond acceptors (Lipinski definition) is 1. The van der Waals surface area contributed by atoms with Gasteiger partial charge in [0.25, 0.3) is 0 Å². The van der Waals surface area contributed by atoms with E-state index in [1.807, 2.05) is 18.2 Å². The van der Waals surface area contributed by atoms with E-state index in [4.69, 9.17) is 0 Å². The summed E-state index contributed by atoms with van der Waals surface area (Å²) in [6, 6.07) is 18.6. The molecule has 0 aliphatic carbocycles. The van der Waals surface area contributed by atoms with Crippen molar-refractivity contribution in [3.05, 3.63) is 71.3 Å². The van der Waals surface area contributed by atoms with Gasteiger partial charge in [-0.25, -0.2) is 0 Å². The maximum Gasteiger partial charge on any atom is 0.224 e. The summed E-state index contributed by atoms with van der Waals surface area (Å²) in [5.41, 5.74) is 3.54. The van der Waals surface area contributed by atoms with Crippen LogP contribution in [0.4, 0.5) is 0 Å². The maximum absolute atomic E-state index is 12.4. The molecule has 2 aromatic carbocycles. The van der Waals surface area contributed by atoms with Crippen LogP contribution in [0.3, 0.4) is 0 Å². The van der Waals surface area contributed by atoms with Gasteiger partial charge in [0.2, 0.25) is 5.91 Å². The molecular weight excluding hydrogens is 282 g/mol. The van der Waals surface area contributed by atoms with E-state index in [1.54, 1.807) is 0 Å². The van der Waals surface area contributed by atoms with Gasteiger partial charge < -0.3 is 5.32 Å². The third kappa shape index (κ3) is 5.55. The molecule has 0 fully saturated rings. The molecule has 0 heterocycles. The third-order valence-corrected chi connectivity index (χ3v) is 4.04. The second-order valence-electron chi connectivity index (χ2n) is 6.51. The molecule has 1 amide bonds. The number of benzene rings is 2. The fourth-order valence-electron chi connectivity index (χ4n) is 2.76. The van der Waals surface area contributed by atoms with E-state index < -0.39 is 0 Å². The lowest BCUT2D eigenvalue weighted by molar-refractivity contribution is -0.121. The first-order chi connectivity index (χ1) is 11.1. The first kappa shape index (κ1) is 17.3. The standard InChI is InChI=1S/C21H27NO/c1-4-17-10-12-18(13-11-17)15-21(23)22-20(14-16(2)3)19-8-6-5-7-9-19/h5-13,16,20H,4,14-15H2,1-3H3,(H,22,23). The molecule has 122 valence electrons. The van der Waals surface area contributed by atoms with Crippen LogP contribution in [-0.2, 0) is 17.6 Å². The van der Waals surface area contributed by atoms with Gasteiger partial charge in [0.05, 0.1) is 12.5 Å². The SMILES string of the molecule is CCc1ccc(CC(=O)NC(CC(C)C)c2ccccc2)cc1. The summed E-state index contributed by atoms with van der Waals surface area (Å²) >= 11 is 0. The Balaban J connectivity index is 2.02. The maximum atomic E-state index is 12.4. The summed E-state index contributed by atoms with van der Waals surface area (Å²) < 4.78 is 0. The minimum Gasteiger partial charge on any atom is -0.349 e. The van der Waals surface area contributed by atoms with Crippen LogP contribution in [0, 0.1) is 5.92 Å². The first-order valence-corrected chi connectivity index (χ1v) is 8.50. The lowest BCUT2D eigenvalue weighted by Gasteiger charge is -2.21. The number of nitrogens with one attached hydrogen (secondary N) is 1. The highest BCUT2D eigenvalue weighted by Gasteiger charge is 2.16. The Morgan fingerprint density at radius 2 is 1.57 bits per heavy atom. The molecule has 2 heteroatoms. The van der Waals surface area contributed by atoms with E-state index in [-0.39, 0.29) is 11.9 Å². The van der Waals surface area contributed by atoms with Crippen LogP contribution in [0.15, 0.2) is 54.6 Å². The zero-order valence-corrected chi connectivity index (χ0v) is 14.4. The normalized spacial score (nSPS) is 12.2. The van der Waals surface area contributed by atoms with E-state index in [0.29, 0.717) is 12.3 Å². The van der Waals surface area contributed by atoms with Crippen LogP contribution >= 0.6 is 0 Å². The lowest BCUT2D eigenvalue weighted by atomic mass is 9.96. The van der Waals surface area contributed by atoms with Crippen molar-refractivity contribution in [2.45, 2.75) is 46.1 Å². The molecule has 0 aromatic heterocycles. The summed E-state index contributed by atoms with van der Waals surface area (Å²) in [6.07, 6.45) is 2.41. The van der Waals surface area contributed by atoms with Crippen LogP contribution in [0.1, 0.15) is 49.9 Å². The smallest absolute Gasteiger partial charge is 0.224 e. The number of aryl methyl sites for hydroxylation is 1. The molecule has 1 unspecified atom stereocenters. The molecule has 1 N–H and O–H groups in total. The van der Waals surface area contributed by atoms with Crippen LogP contribution in [0.2, 0.25) is 0 Å². The number of hydrogen-bond donors (Lipinski definition) is 1. The average molecular weight is 309 g/mol. The minimum atomic E-state index is 0.0821. The molecule has 0 saturated heterocycles. The molecule has 0 bridgehead atoms. The van der Waals surface area contributed by atoms with E-state index in [1.165, 1.54) is 11.1 Å². The van der Waals surface area contributed by atoms with Crippen LogP contribution in [-0.4, -0.2) is 5.91 Å². The fourth-order valence-corrected chi connectivity index (χ4v) is 2.76. The highest BCUT2D eigenvalue weighted by Crippen LogP contribution is 2.21. The zero-order chi connectivity index (χ0) is 16.7. The van der Waals surface area contributed by atoms with Crippen molar-refractivity contribution in [1.29, 1.82) is 0 Å². The van der Waals surface area contributed by atoms with Gasteiger partial charge in [-0.3, -0.25) is 4.79 Å². The third-order valence-electron chi connectivity index (χ3n) is 4.04. The molecule has 2 rings (SSSR count).